The minimum atomic E-state index is -0.157. The fourth-order valence-electron chi connectivity index (χ4n) is 1.96. The Balaban J connectivity index is 1.90. The van der Waals surface area contributed by atoms with Crippen LogP contribution in [-0.2, 0) is 0 Å². The van der Waals surface area contributed by atoms with Crippen molar-refractivity contribution in [2.24, 2.45) is 0 Å². The molecule has 0 fully saturated rings. The highest BCUT2D eigenvalue weighted by molar-refractivity contribution is 5.52. The first-order chi connectivity index (χ1) is 9.74. The minimum Gasteiger partial charge on any atom is -0.338 e. The molecule has 5 nitrogen and oxygen atoms in total. The van der Waals surface area contributed by atoms with E-state index >= 15 is 0 Å². The summed E-state index contributed by atoms with van der Waals surface area (Å²) in [5.41, 5.74) is 1.68. The van der Waals surface area contributed by atoms with Crippen molar-refractivity contribution < 1.29 is 4.52 Å². The largest absolute Gasteiger partial charge is 0.338 e. The summed E-state index contributed by atoms with van der Waals surface area (Å²) in [4.78, 5) is 18.0. The van der Waals surface area contributed by atoms with Gasteiger partial charge in [-0.3, -0.25) is 4.79 Å². The quantitative estimate of drug-likeness (QED) is 0.791. The molecular weight excluding hydrogens is 254 g/mol. The summed E-state index contributed by atoms with van der Waals surface area (Å²) in [5, 5.41) is 3.95. The number of benzene rings is 1. The standard InChI is InChI=1S/C15H13N3O2/c1-10(11-5-3-2-4-6-11)15-17-14(18-20-15)12-7-8-13(19)16-9-12/h2-10H,1H3,(H,16,19)/t10-/m1/s1. The van der Waals surface area contributed by atoms with Gasteiger partial charge in [0.1, 0.15) is 0 Å². The Morgan fingerprint density at radius 1 is 1.15 bits per heavy atom. The van der Waals surface area contributed by atoms with Crippen molar-refractivity contribution in [3.63, 3.8) is 0 Å². The van der Waals surface area contributed by atoms with Crippen LogP contribution >= 0.6 is 0 Å². The minimum absolute atomic E-state index is 0.0280. The van der Waals surface area contributed by atoms with E-state index in [9.17, 15) is 4.79 Å². The average molecular weight is 267 g/mol. The molecule has 0 saturated carbocycles. The number of hydrogen-bond donors (Lipinski definition) is 1. The van der Waals surface area contributed by atoms with Gasteiger partial charge in [-0.1, -0.05) is 35.5 Å². The zero-order valence-electron chi connectivity index (χ0n) is 10.9. The molecule has 0 unspecified atom stereocenters. The molecule has 3 aromatic rings. The first-order valence-corrected chi connectivity index (χ1v) is 6.32. The summed E-state index contributed by atoms with van der Waals surface area (Å²) in [6, 6.07) is 13.1. The highest BCUT2D eigenvalue weighted by atomic mass is 16.5. The van der Waals surface area contributed by atoms with Gasteiger partial charge in [-0.2, -0.15) is 4.98 Å². The zero-order valence-corrected chi connectivity index (χ0v) is 10.9. The highest BCUT2D eigenvalue weighted by Crippen LogP contribution is 2.24. The van der Waals surface area contributed by atoms with Gasteiger partial charge < -0.3 is 9.51 Å². The van der Waals surface area contributed by atoms with Gasteiger partial charge >= 0.3 is 0 Å². The molecule has 0 saturated heterocycles. The van der Waals surface area contributed by atoms with Crippen LogP contribution in [0.15, 0.2) is 58.0 Å². The molecule has 5 heteroatoms. The molecule has 0 aliphatic carbocycles. The van der Waals surface area contributed by atoms with Crippen LogP contribution in [0.3, 0.4) is 0 Å². The average Bonchev–Trinajstić information content (AvgIpc) is 2.98. The van der Waals surface area contributed by atoms with Crippen LogP contribution in [0.25, 0.3) is 11.4 Å². The maximum absolute atomic E-state index is 11.0. The summed E-state index contributed by atoms with van der Waals surface area (Å²) >= 11 is 0. The van der Waals surface area contributed by atoms with Gasteiger partial charge in [0, 0.05) is 17.8 Å². The summed E-state index contributed by atoms with van der Waals surface area (Å²) in [5.74, 6) is 1.05. The zero-order chi connectivity index (χ0) is 13.9. The summed E-state index contributed by atoms with van der Waals surface area (Å²) in [7, 11) is 0. The fraction of sp³-hybridized carbons (Fsp3) is 0.133. The predicted molar refractivity (Wildman–Crippen MR) is 74.3 cm³/mol. The third-order valence-corrected chi connectivity index (χ3v) is 3.15. The molecule has 2 heterocycles. The van der Waals surface area contributed by atoms with Crippen molar-refractivity contribution in [3.8, 4) is 11.4 Å². The number of rotatable bonds is 3. The summed E-state index contributed by atoms with van der Waals surface area (Å²) in [6.07, 6.45) is 1.57. The number of pyridine rings is 1. The molecular formula is C15H13N3O2. The Labute approximate surface area is 115 Å². The van der Waals surface area contributed by atoms with Gasteiger partial charge in [0.2, 0.25) is 17.3 Å². The topological polar surface area (TPSA) is 71.8 Å². The van der Waals surface area contributed by atoms with Crippen molar-refractivity contribution >= 4 is 0 Å². The Hall–Kier alpha value is -2.69. The first kappa shape index (κ1) is 12.3. The molecule has 0 aliphatic rings. The van der Waals surface area contributed by atoms with Crippen LogP contribution < -0.4 is 5.56 Å². The van der Waals surface area contributed by atoms with Crippen LogP contribution in [0.2, 0.25) is 0 Å². The molecule has 0 bridgehead atoms. The second-order valence-corrected chi connectivity index (χ2v) is 4.53. The monoisotopic (exact) mass is 267 g/mol. The molecule has 0 spiro atoms. The third-order valence-electron chi connectivity index (χ3n) is 3.15. The first-order valence-electron chi connectivity index (χ1n) is 6.32. The van der Waals surface area contributed by atoms with Gasteiger partial charge in [0.25, 0.3) is 0 Å². The van der Waals surface area contributed by atoms with Gasteiger partial charge in [-0.15, -0.1) is 0 Å². The summed E-state index contributed by atoms with van der Waals surface area (Å²) in [6.45, 7) is 2.01. The van der Waals surface area contributed by atoms with Crippen molar-refractivity contribution in [1.82, 2.24) is 15.1 Å². The normalized spacial score (nSPS) is 12.2. The lowest BCUT2D eigenvalue weighted by molar-refractivity contribution is 0.371. The lowest BCUT2D eigenvalue weighted by Gasteiger charge is -2.05. The molecule has 3 rings (SSSR count). The second-order valence-electron chi connectivity index (χ2n) is 4.53. The number of H-pyrrole nitrogens is 1. The Morgan fingerprint density at radius 3 is 2.65 bits per heavy atom. The number of nitrogens with zero attached hydrogens (tertiary/aromatic N) is 2. The van der Waals surface area contributed by atoms with E-state index in [1.54, 1.807) is 12.3 Å². The lowest BCUT2D eigenvalue weighted by Crippen LogP contribution is -2.01. The van der Waals surface area contributed by atoms with Crippen molar-refractivity contribution in [3.05, 3.63) is 70.5 Å². The molecule has 1 N–H and O–H groups in total. The van der Waals surface area contributed by atoms with Crippen LogP contribution in [-0.4, -0.2) is 15.1 Å². The lowest BCUT2D eigenvalue weighted by atomic mass is 10.0. The Kier molecular flexibility index (Phi) is 3.16. The highest BCUT2D eigenvalue weighted by Gasteiger charge is 2.16. The molecule has 0 aliphatic heterocycles. The molecule has 0 radical (unpaired) electrons. The maximum atomic E-state index is 11.0. The molecule has 2 aromatic heterocycles. The van der Waals surface area contributed by atoms with E-state index in [2.05, 4.69) is 15.1 Å². The van der Waals surface area contributed by atoms with E-state index in [0.29, 0.717) is 11.7 Å². The number of nitrogens with one attached hydrogen (secondary N) is 1. The SMILES string of the molecule is C[C@H](c1ccccc1)c1nc(-c2ccc(=O)[nH]c2)no1. The molecule has 20 heavy (non-hydrogen) atoms. The van der Waals surface area contributed by atoms with Gasteiger partial charge in [0.05, 0.1) is 5.92 Å². The summed E-state index contributed by atoms with van der Waals surface area (Å²) < 4.78 is 5.31. The molecule has 100 valence electrons. The van der Waals surface area contributed by atoms with Crippen molar-refractivity contribution in [2.75, 3.05) is 0 Å². The van der Waals surface area contributed by atoms with Gasteiger partial charge in [0.15, 0.2) is 0 Å². The van der Waals surface area contributed by atoms with E-state index in [4.69, 9.17) is 4.52 Å². The van der Waals surface area contributed by atoms with Gasteiger partial charge in [-0.05, 0) is 18.6 Å². The van der Waals surface area contributed by atoms with Crippen LogP contribution in [0, 0.1) is 0 Å². The van der Waals surface area contributed by atoms with E-state index in [0.717, 1.165) is 11.1 Å². The molecule has 1 atom stereocenters. The fourth-order valence-corrected chi connectivity index (χ4v) is 1.96. The van der Waals surface area contributed by atoms with E-state index < -0.39 is 0 Å². The maximum Gasteiger partial charge on any atom is 0.247 e. The third kappa shape index (κ3) is 2.38. The Morgan fingerprint density at radius 2 is 1.95 bits per heavy atom. The van der Waals surface area contributed by atoms with Crippen LogP contribution in [0.5, 0.6) is 0 Å². The van der Waals surface area contributed by atoms with E-state index in [1.165, 1.54) is 6.07 Å². The smallest absolute Gasteiger partial charge is 0.247 e. The molecule has 1 aromatic carbocycles. The number of aromatic nitrogens is 3. The second kappa shape index (κ2) is 5.13. The van der Waals surface area contributed by atoms with Crippen molar-refractivity contribution in [1.29, 1.82) is 0 Å². The number of hydrogen-bond acceptors (Lipinski definition) is 4. The van der Waals surface area contributed by atoms with Gasteiger partial charge in [-0.25, -0.2) is 0 Å². The van der Waals surface area contributed by atoms with Crippen LogP contribution in [0.4, 0.5) is 0 Å². The predicted octanol–water partition coefficient (Wildman–Crippen LogP) is 2.58. The van der Waals surface area contributed by atoms with Crippen molar-refractivity contribution in [2.45, 2.75) is 12.8 Å². The number of aromatic amines is 1. The Bertz CT molecular complexity index is 742. The van der Waals surface area contributed by atoms with E-state index in [1.807, 2.05) is 37.3 Å². The van der Waals surface area contributed by atoms with E-state index in [-0.39, 0.29) is 11.5 Å². The molecule has 0 amide bonds. The van der Waals surface area contributed by atoms with Crippen LogP contribution in [0.1, 0.15) is 24.3 Å².